The van der Waals surface area contributed by atoms with Gasteiger partial charge in [0.1, 0.15) is 5.01 Å². The van der Waals surface area contributed by atoms with Crippen molar-refractivity contribution >= 4 is 11.3 Å². The second-order valence-electron chi connectivity index (χ2n) is 4.10. The molecule has 0 saturated heterocycles. The van der Waals surface area contributed by atoms with Gasteiger partial charge in [-0.3, -0.25) is 5.32 Å². The predicted octanol–water partition coefficient (Wildman–Crippen LogP) is 3.15. The van der Waals surface area contributed by atoms with E-state index in [2.05, 4.69) is 34.4 Å². The fourth-order valence-corrected chi connectivity index (χ4v) is 2.36. The molecule has 0 amide bonds. The van der Waals surface area contributed by atoms with E-state index in [4.69, 9.17) is 0 Å². The van der Waals surface area contributed by atoms with Gasteiger partial charge in [-0.15, -0.1) is 11.3 Å². The molecular weight excluding hydrogens is 240 g/mol. The maximum Gasteiger partial charge on any atom is 0.110 e. The molecule has 18 heavy (non-hydrogen) atoms. The Kier molecular flexibility index (Phi) is 4.52. The Labute approximate surface area is 112 Å². The van der Waals surface area contributed by atoms with E-state index >= 15 is 0 Å². The smallest absolute Gasteiger partial charge is 0.110 e. The standard InChI is InChI=1S/C15H16N2S/c1-12-11-18-15(17-12)13(2)16-10-6-9-14-7-4-3-5-8-14/h3-5,7-8,11,13,16H,10H2,1-2H3. The summed E-state index contributed by atoms with van der Waals surface area (Å²) >= 11 is 1.69. The van der Waals surface area contributed by atoms with Gasteiger partial charge in [0.25, 0.3) is 0 Å². The zero-order valence-corrected chi connectivity index (χ0v) is 11.4. The van der Waals surface area contributed by atoms with Crippen LogP contribution in [0.4, 0.5) is 0 Å². The summed E-state index contributed by atoms with van der Waals surface area (Å²) in [4.78, 5) is 4.46. The maximum atomic E-state index is 4.46. The molecule has 0 fully saturated rings. The number of thiazole rings is 1. The number of aromatic nitrogens is 1. The van der Waals surface area contributed by atoms with Crippen LogP contribution >= 0.6 is 11.3 Å². The van der Waals surface area contributed by atoms with Crippen LogP contribution in [-0.2, 0) is 0 Å². The van der Waals surface area contributed by atoms with E-state index in [0.717, 1.165) is 16.3 Å². The molecule has 0 aliphatic carbocycles. The minimum atomic E-state index is 0.258. The normalized spacial score (nSPS) is 11.7. The van der Waals surface area contributed by atoms with Gasteiger partial charge >= 0.3 is 0 Å². The molecule has 0 bridgehead atoms. The van der Waals surface area contributed by atoms with Crippen molar-refractivity contribution in [2.24, 2.45) is 0 Å². The summed E-state index contributed by atoms with van der Waals surface area (Å²) in [5.41, 5.74) is 2.14. The molecular formula is C15H16N2S. The second kappa shape index (κ2) is 6.34. The molecule has 1 unspecified atom stereocenters. The number of aryl methyl sites for hydroxylation is 1. The Morgan fingerprint density at radius 2 is 2.11 bits per heavy atom. The fourth-order valence-electron chi connectivity index (χ4n) is 1.53. The van der Waals surface area contributed by atoms with Crippen molar-refractivity contribution in [3.8, 4) is 11.8 Å². The van der Waals surface area contributed by atoms with E-state index in [1.54, 1.807) is 11.3 Å². The van der Waals surface area contributed by atoms with Gasteiger partial charge in [0.2, 0.25) is 0 Å². The maximum absolute atomic E-state index is 4.46. The molecule has 1 atom stereocenters. The Morgan fingerprint density at radius 3 is 2.78 bits per heavy atom. The summed E-state index contributed by atoms with van der Waals surface area (Å²) in [6.45, 7) is 4.80. The molecule has 2 rings (SSSR count). The quantitative estimate of drug-likeness (QED) is 0.853. The Bertz CT molecular complexity index is 549. The van der Waals surface area contributed by atoms with E-state index < -0.39 is 0 Å². The summed E-state index contributed by atoms with van der Waals surface area (Å²) in [5.74, 6) is 6.25. The van der Waals surface area contributed by atoms with Gasteiger partial charge in [-0.05, 0) is 26.0 Å². The van der Waals surface area contributed by atoms with Gasteiger partial charge in [0, 0.05) is 16.6 Å². The lowest BCUT2D eigenvalue weighted by Crippen LogP contribution is -2.18. The van der Waals surface area contributed by atoms with E-state index in [1.807, 2.05) is 37.3 Å². The van der Waals surface area contributed by atoms with Crippen LogP contribution in [0.3, 0.4) is 0 Å². The van der Waals surface area contributed by atoms with Gasteiger partial charge in [0.15, 0.2) is 0 Å². The van der Waals surface area contributed by atoms with Crippen LogP contribution in [0.15, 0.2) is 35.7 Å². The van der Waals surface area contributed by atoms with Crippen molar-refractivity contribution in [1.29, 1.82) is 0 Å². The highest BCUT2D eigenvalue weighted by atomic mass is 32.1. The van der Waals surface area contributed by atoms with Crippen LogP contribution in [-0.4, -0.2) is 11.5 Å². The van der Waals surface area contributed by atoms with E-state index in [1.165, 1.54) is 0 Å². The number of nitrogens with zero attached hydrogens (tertiary/aromatic N) is 1. The lowest BCUT2D eigenvalue weighted by molar-refractivity contribution is 0.618. The summed E-state index contributed by atoms with van der Waals surface area (Å²) in [5, 5.41) is 6.55. The Morgan fingerprint density at radius 1 is 1.33 bits per heavy atom. The van der Waals surface area contributed by atoms with E-state index in [9.17, 15) is 0 Å². The first kappa shape index (κ1) is 12.8. The number of rotatable bonds is 3. The molecule has 0 radical (unpaired) electrons. The van der Waals surface area contributed by atoms with Gasteiger partial charge in [-0.25, -0.2) is 4.98 Å². The number of benzene rings is 1. The van der Waals surface area contributed by atoms with Crippen LogP contribution < -0.4 is 5.32 Å². The monoisotopic (exact) mass is 256 g/mol. The predicted molar refractivity (Wildman–Crippen MR) is 76.6 cm³/mol. The number of hydrogen-bond acceptors (Lipinski definition) is 3. The summed E-state index contributed by atoms with van der Waals surface area (Å²) in [7, 11) is 0. The van der Waals surface area contributed by atoms with Crippen LogP contribution in [0.2, 0.25) is 0 Å². The molecule has 2 aromatic rings. The Balaban J connectivity index is 1.84. The summed E-state index contributed by atoms with van der Waals surface area (Å²) in [6.07, 6.45) is 0. The molecule has 1 aromatic heterocycles. The van der Waals surface area contributed by atoms with Crippen molar-refractivity contribution in [2.45, 2.75) is 19.9 Å². The second-order valence-corrected chi connectivity index (χ2v) is 4.99. The van der Waals surface area contributed by atoms with Gasteiger partial charge < -0.3 is 0 Å². The first-order valence-electron chi connectivity index (χ1n) is 5.95. The van der Waals surface area contributed by atoms with Gasteiger partial charge in [-0.1, -0.05) is 30.0 Å². The molecule has 1 heterocycles. The van der Waals surface area contributed by atoms with Crippen molar-refractivity contribution < 1.29 is 0 Å². The highest BCUT2D eigenvalue weighted by molar-refractivity contribution is 7.09. The molecule has 0 aliphatic heterocycles. The van der Waals surface area contributed by atoms with Crippen molar-refractivity contribution in [1.82, 2.24) is 10.3 Å². The third kappa shape index (κ3) is 3.69. The molecule has 92 valence electrons. The highest BCUT2D eigenvalue weighted by Crippen LogP contribution is 2.16. The minimum Gasteiger partial charge on any atom is -0.297 e. The van der Waals surface area contributed by atoms with Crippen LogP contribution in [0, 0.1) is 18.8 Å². The van der Waals surface area contributed by atoms with Crippen molar-refractivity contribution in [3.05, 3.63) is 52.0 Å². The topological polar surface area (TPSA) is 24.9 Å². The van der Waals surface area contributed by atoms with Crippen molar-refractivity contribution in [3.63, 3.8) is 0 Å². The molecule has 1 aromatic carbocycles. The lowest BCUT2D eigenvalue weighted by Gasteiger charge is -2.07. The number of hydrogen-bond donors (Lipinski definition) is 1. The fraction of sp³-hybridized carbons (Fsp3) is 0.267. The number of nitrogens with one attached hydrogen (secondary N) is 1. The third-order valence-corrected chi connectivity index (χ3v) is 3.66. The van der Waals surface area contributed by atoms with Crippen LogP contribution in [0.25, 0.3) is 0 Å². The highest BCUT2D eigenvalue weighted by Gasteiger charge is 2.06. The lowest BCUT2D eigenvalue weighted by atomic mass is 10.2. The third-order valence-electron chi connectivity index (χ3n) is 2.51. The Hall–Kier alpha value is -1.63. The summed E-state index contributed by atoms with van der Waals surface area (Å²) in [6, 6.07) is 10.3. The van der Waals surface area contributed by atoms with Gasteiger partial charge in [-0.2, -0.15) is 0 Å². The van der Waals surface area contributed by atoms with E-state index in [-0.39, 0.29) is 6.04 Å². The molecule has 1 N–H and O–H groups in total. The molecule has 0 saturated carbocycles. The molecule has 0 spiro atoms. The first-order valence-corrected chi connectivity index (χ1v) is 6.83. The molecule has 3 heteroatoms. The largest absolute Gasteiger partial charge is 0.297 e. The minimum absolute atomic E-state index is 0.258. The summed E-state index contributed by atoms with van der Waals surface area (Å²) < 4.78 is 0. The average Bonchev–Trinajstić information content (AvgIpc) is 2.82. The average molecular weight is 256 g/mol. The molecule has 2 nitrogen and oxygen atoms in total. The SMILES string of the molecule is Cc1csc(C(C)NCC#Cc2ccccc2)n1. The first-order chi connectivity index (χ1) is 8.75. The van der Waals surface area contributed by atoms with Gasteiger partial charge in [0.05, 0.1) is 12.6 Å². The van der Waals surface area contributed by atoms with Crippen LogP contribution in [0.1, 0.15) is 29.2 Å². The van der Waals surface area contributed by atoms with Crippen molar-refractivity contribution in [2.75, 3.05) is 6.54 Å². The zero-order chi connectivity index (χ0) is 12.8. The van der Waals surface area contributed by atoms with E-state index in [0.29, 0.717) is 6.54 Å². The van der Waals surface area contributed by atoms with Crippen LogP contribution in [0.5, 0.6) is 0 Å². The zero-order valence-electron chi connectivity index (χ0n) is 10.6. The molecule has 0 aliphatic rings.